The molecule has 98 valence electrons. The van der Waals surface area contributed by atoms with Gasteiger partial charge in [0.25, 0.3) is 0 Å². The zero-order valence-electron chi connectivity index (χ0n) is 10.9. The summed E-state index contributed by atoms with van der Waals surface area (Å²) in [4.78, 5) is 10.8. The lowest BCUT2D eigenvalue weighted by atomic mass is 10.1. The molecule has 0 spiro atoms. The molecule has 1 aromatic rings. The van der Waals surface area contributed by atoms with Gasteiger partial charge in [0.1, 0.15) is 16.1 Å². The first-order chi connectivity index (χ1) is 8.21. The summed E-state index contributed by atoms with van der Waals surface area (Å²) in [5.41, 5.74) is 1.67. The number of hydrogen-bond donors (Lipinski definition) is 1. The number of rotatable bonds is 3. The average molecular weight is 267 g/mol. The van der Waals surface area contributed by atoms with E-state index in [1.165, 1.54) is 12.3 Å². The molecule has 4 nitrogen and oxygen atoms in total. The van der Waals surface area contributed by atoms with Crippen LogP contribution < -0.4 is 0 Å². The SMILES string of the molecule is Cc1cc(/C=N/[S+]([O-])C(C)(C)C)ccc1C(=O)O. The van der Waals surface area contributed by atoms with E-state index >= 15 is 0 Å². The molecule has 1 atom stereocenters. The van der Waals surface area contributed by atoms with Gasteiger partial charge in [-0.25, -0.2) is 4.79 Å². The Bertz CT molecular complexity index is 478. The van der Waals surface area contributed by atoms with Crippen LogP contribution in [0.25, 0.3) is 0 Å². The van der Waals surface area contributed by atoms with Crippen molar-refractivity contribution < 1.29 is 14.5 Å². The minimum atomic E-state index is -1.31. The van der Waals surface area contributed by atoms with E-state index in [-0.39, 0.29) is 5.56 Å². The maximum atomic E-state index is 11.7. The maximum Gasteiger partial charge on any atom is 0.335 e. The van der Waals surface area contributed by atoms with E-state index in [9.17, 15) is 9.35 Å². The highest BCUT2D eigenvalue weighted by Gasteiger charge is 2.25. The quantitative estimate of drug-likeness (QED) is 0.675. The predicted octanol–water partition coefficient (Wildman–Crippen LogP) is 2.57. The summed E-state index contributed by atoms with van der Waals surface area (Å²) in [6.45, 7) is 7.26. The lowest BCUT2D eigenvalue weighted by Crippen LogP contribution is -2.25. The Morgan fingerprint density at radius 1 is 1.44 bits per heavy atom. The molecule has 0 heterocycles. The number of benzene rings is 1. The molecule has 0 aliphatic carbocycles. The fraction of sp³-hybridized carbons (Fsp3) is 0.385. The first kappa shape index (κ1) is 14.7. The van der Waals surface area contributed by atoms with Gasteiger partial charge in [0.05, 0.1) is 11.8 Å². The highest BCUT2D eigenvalue weighted by atomic mass is 32.2. The Morgan fingerprint density at radius 3 is 2.50 bits per heavy atom. The number of aromatic carboxylic acids is 1. The summed E-state index contributed by atoms with van der Waals surface area (Å²) in [6, 6.07) is 4.89. The smallest absolute Gasteiger partial charge is 0.335 e. The molecule has 1 rings (SSSR count). The van der Waals surface area contributed by atoms with Crippen LogP contribution in [0.4, 0.5) is 0 Å². The van der Waals surface area contributed by atoms with Gasteiger partial charge < -0.3 is 9.66 Å². The van der Waals surface area contributed by atoms with E-state index < -0.39 is 22.1 Å². The van der Waals surface area contributed by atoms with Crippen LogP contribution in [-0.2, 0) is 11.4 Å². The number of carbonyl (C=O) groups is 1. The second kappa shape index (κ2) is 5.54. The van der Waals surface area contributed by atoms with Gasteiger partial charge in [0.2, 0.25) is 0 Å². The normalized spacial score (nSPS) is 13.8. The van der Waals surface area contributed by atoms with E-state index in [0.29, 0.717) is 5.56 Å². The van der Waals surface area contributed by atoms with E-state index in [2.05, 4.69) is 4.40 Å². The molecular formula is C13H17NO3S. The summed E-state index contributed by atoms with van der Waals surface area (Å²) in [6.07, 6.45) is 1.51. The first-order valence-corrected chi connectivity index (χ1v) is 6.62. The van der Waals surface area contributed by atoms with Crippen molar-refractivity contribution >= 4 is 23.5 Å². The molecule has 1 N–H and O–H groups in total. The third-order valence-corrected chi connectivity index (χ3v) is 3.65. The second-order valence-corrected chi connectivity index (χ2v) is 6.91. The molecule has 0 aliphatic heterocycles. The predicted molar refractivity (Wildman–Crippen MR) is 73.6 cm³/mol. The molecule has 5 heteroatoms. The Kier molecular flexibility index (Phi) is 4.53. The molecule has 1 aromatic carbocycles. The van der Waals surface area contributed by atoms with Crippen LogP contribution in [0.2, 0.25) is 0 Å². The van der Waals surface area contributed by atoms with Gasteiger partial charge in [-0.1, -0.05) is 10.5 Å². The second-order valence-electron chi connectivity index (χ2n) is 4.98. The van der Waals surface area contributed by atoms with Gasteiger partial charge in [0.15, 0.2) is 0 Å². The van der Waals surface area contributed by atoms with Gasteiger partial charge in [-0.15, -0.1) is 0 Å². The van der Waals surface area contributed by atoms with Crippen LogP contribution in [-0.4, -0.2) is 26.6 Å². The summed E-state index contributed by atoms with van der Waals surface area (Å²) in [5, 5.41) is 8.90. The lowest BCUT2D eigenvalue weighted by molar-refractivity contribution is 0.0696. The molecule has 0 fully saturated rings. The van der Waals surface area contributed by atoms with Crippen molar-refractivity contribution in [1.82, 2.24) is 0 Å². The minimum Gasteiger partial charge on any atom is -0.591 e. The standard InChI is InChI=1S/C13H17NO3S/c1-9-7-10(5-6-11(9)12(15)16)8-14-18(17)13(2,3)4/h5-8H,1-4H3,(H,15,16)/b14-8+. The summed E-state index contributed by atoms with van der Waals surface area (Å²) >= 11 is -1.31. The zero-order valence-corrected chi connectivity index (χ0v) is 11.7. The van der Waals surface area contributed by atoms with Gasteiger partial charge >= 0.3 is 5.97 Å². The van der Waals surface area contributed by atoms with Crippen LogP contribution in [0.5, 0.6) is 0 Å². The van der Waals surface area contributed by atoms with Crippen LogP contribution in [0.3, 0.4) is 0 Å². The molecule has 0 bridgehead atoms. The molecule has 0 aromatic heterocycles. The number of carboxylic acid groups (broad SMARTS) is 1. The van der Waals surface area contributed by atoms with E-state index in [0.717, 1.165) is 5.56 Å². The monoisotopic (exact) mass is 267 g/mol. The van der Waals surface area contributed by atoms with Crippen molar-refractivity contribution in [2.75, 3.05) is 0 Å². The van der Waals surface area contributed by atoms with Crippen LogP contribution in [0.1, 0.15) is 42.3 Å². The minimum absolute atomic E-state index is 0.268. The first-order valence-electron chi connectivity index (χ1n) is 5.52. The molecule has 0 radical (unpaired) electrons. The molecule has 0 saturated heterocycles. The number of hydrogen-bond acceptors (Lipinski definition) is 3. The van der Waals surface area contributed by atoms with E-state index in [4.69, 9.17) is 5.11 Å². The maximum absolute atomic E-state index is 11.7. The molecule has 1 unspecified atom stereocenters. The highest BCUT2D eigenvalue weighted by Crippen LogP contribution is 2.17. The van der Waals surface area contributed by atoms with Crippen molar-refractivity contribution in [3.8, 4) is 0 Å². The fourth-order valence-electron chi connectivity index (χ4n) is 1.27. The number of carboxylic acids is 1. The molecule has 0 amide bonds. The molecule has 18 heavy (non-hydrogen) atoms. The highest BCUT2D eigenvalue weighted by molar-refractivity contribution is 7.91. The number of nitrogens with zero attached hydrogens (tertiary/aromatic N) is 1. The molecule has 0 saturated carbocycles. The van der Waals surface area contributed by atoms with Crippen molar-refractivity contribution in [1.29, 1.82) is 0 Å². The Hall–Kier alpha value is -1.33. The van der Waals surface area contributed by atoms with Crippen LogP contribution >= 0.6 is 0 Å². The molecule has 0 aliphatic rings. The van der Waals surface area contributed by atoms with Gasteiger partial charge in [-0.3, -0.25) is 0 Å². The van der Waals surface area contributed by atoms with Gasteiger partial charge in [-0.2, -0.15) is 0 Å². The van der Waals surface area contributed by atoms with Gasteiger partial charge in [0, 0.05) is 0 Å². The van der Waals surface area contributed by atoms with Gasteiger partial charge in [-0.05, 0) is 51.0 Å². The van der Waals surface area contributed by atoms with E-state index in [1.807, 2.05) is 20.8 Å². The lowest BCUT2D eigenvalue weighted by Gasteiger charge is -2.17. The summed E-state index contributed by atoms with van der Waals surface area (Å²) in [5.74, 6) is -0.950. The third kappa shape index (κ3) is 3.85. The van der Waals surface area contributed by atoms with Crippen molar-refractivity contribution in [2.45, 2.75) is 32.4 Å². The van der Waals surface area contributed by atoms with E-state index in [1.54, 1.807) is 19.1 Å². The molecular weight excluding hydrogens is 250 g/mol. The topological polar surface area (TPSA) is 72.7 Å². The average Bonchev–Trinajstić information content (AvgIpc) is 2.24. The fourth-order valence-corrected chi connectivity index (χ4v) is 1.81. The van der Waals surface area contributed by atoms with Crippen LogP contribution in [0, 0.1) is 6.92 Å². The zero-order chi connectivity index (χ0) is 13.9. The third-order valence-electron chi connectivity index (χ3n) is 2.30. The Morgan fingerprint density at radius 2 is 2.06 bits per heavy atom. The van der Waals surface area contributed by atoms with Crippen molar-refractivity contribution in [3.05, 3.63) is 34.9 Å². The number of aryl methyl sites for hydroxylation is 1. The van der Waals surface area contributed by atoms with Crippen molar-refractivity contribution in [2.24, 2.45) is 4.40 Å². The Labute approximate surface area is 110 Å². The van der Waals surface area contributed by atoms with Crippen LogP contribution in [0.15, 0.2) is 22.6 Å². The summed E-state index contributed by atoms with van der Waals surface area (Å²) < 4.78 is 15.3. The summed E-state index contributed by atoms with van der Waals surface area (Å²) in [7, 11) is 0. The largest absolute Gasteiger partial charge is 0.591 e. The van der Waals surface area contributed by atoms with Crippen molar-refractivity contribution in [3.63, 3.8) is 0 Å². The Balaban J connectivity index is 2.90.